The van der Waals surface area contributed by atoms with Crippen LogP contribution in [0.1, 0.15) is 31.9 Å². The van der Waals surface area contributed by atoms with Gasteiger partial charge in [0.15, 0.2) is 0 Å². The van der Waals surface area contributed by atoms with Gasteiger partial charge in [0, 0.05) is 5.56 Å². The zero-order valence-electron chi connectivity index (χ0n) is 11.1. The molecule has 0 aromatic heterocycles. The zero-order valence-corrected chi connectivity index (χ0v) is 11.1. The van der Waals surface area contributed by atoms with Crippen molar-refractivity contribution in [1.29, 1.82) is 0 Å². The van der Waals surface area contributed by atoms with E-state index in [0.29, 0.717) is 0 Å². The molecule has 3 rings (SSSR count). The number of aryl methyl sites for hydroxylation is 1. The monoisotopic (exact) mass is 243 g/mol. The fourth-order valence-electron chi connectivity index (χ4n) is 2.78. The first-order chi connectivity index (χ1) is 8.43. The average molecular weight is 243 g/mol. The molecule has 4 nitrogen and oxygen atoms in total. The summed E-state index contributed by atoms with van der Waals surface area (Å²) in [6.45, 7) is 8.21. The van der Waals surface area contributed by atoms with E-state index in [4.69, 9.17) is 4.74 Å². The molecule has 2 aliphatic rings. The predicted octanol–water partition coefficient (Wildman–Crippen LogP) is 2.37. The number of fused-ring (bicyclic) bond motifs is 3. The summed E-state index contributed by atoms with van der Waals surface area (Å²) in [5.74, 6) is 0.895. The number of hydrogen-bond donors (Lipinski definition) is 1. The minimum atomic E-state index is -0.457. The van der Waals surface area contributed by atoms with Crippen molar-refractivity contribution in [3.8, 4) is 5.75 Å². The first-order valence-electron chi connectivity index (χ1n) is 6.11. The Morgan fingerprint density at radius 1 is 1.22 bits per heavy atom. The van der Waals surface area contributed by atoms with Gasteiger partial charge < -0.3 is 4.74 Å². The lowest BCUT2D eigenvalue weighted by Crippen LogP contribution is -2.55. The smallest absolute Gasteiger partial charge is 0.146 e. The second-order valence-corrected chi connectivity index (χ2v) is 5.53. The van der Waals surface area contributed by atoms with Gasteiger partial charge in [-0.1, -0.05) is 11.6 Å². The minimum absolute atomic E-state index is 0.436. The number of nitrogens with one attached hydrogen (secondary N) is 1. The summed E-state index contributed by atoms with van der Waals surface area (Å²) in [5.41, 5.74) is 5.13. The summed E-state index contributed by atoms with van der Waals surface area (Å²) < 4.78 is 6.06. The van der Waals surface area contributed by atoms with Crippen LogP contribution in [0.15, 0.2) is 28.3 Å². The van der Waals surface area contributed by atoms with E-state index in [-0.39, 0.29) is 0 Å². The SMILES string of the molecule is Cc1ccc2c(c1)C1(C)N=CNN=C1C(C)(C)O2. The van der Waals surface area contributed by atoms with E-state index in [9.17, 15) is 0 Å². The topological polar surface area (TPSA) is 46.0 Å². The summed E-state index contributed by atoms with van der Waals surface area (Å²) >= 11 is 0. The van der Waals surface area contributed by atoms with Gasteiger partial charge in [0.05, 0.1) is 0 Å². The number of ether oxygens (including phenoxy) is 1. The number of aliphatic imine (C=N–C) groups is 1. The highest BCUT2D eigenvalue weighted by atomic mass is 16.5. The quantitative estimate of drug-likeness (QED) is 0.760. The van der Waals surface area contributed by atoms with Gasteiger partial charge in [-0.25, -0.2) is 0 Å². The van der Waals surface area contributed by atoms with Gasteiger partial charge in [-0.05, 0) is 39.8 Å². The Bertz CT molecular complexity index is 574. The maximum Gasteiger partial charge on any atom is 0.146 e. The van der Waals surface area contributed by atoms with Crippen molar-refractivity contribution in [3.63, 3.8) is 0 Å². The highest BCUT2D eigenvalue weighted by molar-refractivity contribution is 6.04. The van der Waals surface area contributed by atoms with Gasteiger partial charge in [0.2, 0.25) is 0 Å². The number of benzene rings is 1. The lowest BCUT2D eigenvalue weighted by atomic mass is 9.76. The van der Waals surface area contributed by atoms with Crippen LogP contribution < -0.4 is 10.2 Å². The van der Waals surface area contributed by atoms with E-state index >= 15 is 0 Å². The highest BCUT2D eigenvalue weighted by Gasteiger charge is 2.49. The van der Waals surface area contributed by atoms with Crippen LogP contribution in [0.4, 0.5) is 0 Å². The largest absolute Gasteiger partial charge is 0.481 e. The summed E-state index contributed by atoms with van der Waals surface area (Å²) in [4.78, 5) is 4.61. The molecule has 0 aliphatic carbocycles. The number of nitrogens with zero attached hydrogens (tertiary/aromatic N) is 2. The zero-order chi connectivity index (χ0) is 13.0. The van der Waals surface area contributed by atoms with E-state index in [1.807, 2.05) is 19.9 Å². The molecule has 0 amide bonds. The van der Waals surface area contributed by atoms with Gasteiger partial charge in [-0.3, -0.25) is 10.4 Å². The molecular formula is C14H17N3O. The van der Waals surface area contributed by atoms with Crippen molar-refractivity contribution >= 4 is 12.1 Å². The fraction of sp³-hybridized carbons (Fsp3) is 0.429. The molecule has 0 saturated carbocycles. The maximum absolute atomic E-state index is 6.06. The summed E-state index contributed by atoms with van der Waals surface area (Å²) in [6.07, 6.45) is 1.65. The molecular weight excluding hydrogens is 226 g/mol. The number of hydrogen-bond acceptors (Lipinski definition) is 4. The molecule has 1 unspecified atom stereocenters. The molecule has 1 N–H and O–H groups in total. The van der Waals surface area contributed by atoms with Gasteiger partial charge in [-0.2, -0.15) is 5.10 Å². The van der Waals surface area contributed by atoms with Crippen molar-refractivity contribution in [2.45, 2.75) is 38.8 Å². The molecule has 4 heteroatoms. The normalized spacial score (nSPS) is 27.4. The Labute approximate surface area is 107 Å². The van der Waals surface area contributed by atoms with Gasteiger partial charge >= 0.3 is 0 Å². The van der Waals surface area contributed by atoms with Crippen LogP contribution in [-0.4, -0.2) is 17.7 Å². The molecule has 0 fully saturated rings. The second-order valence-electron chi connectivity index (χ2n) is 5.53. The molecule has 0 radical (unpaired) electrons. The van der Waals surface area contributed by atoms with Gasteiger partial charge in [0.25, 0.3) is 0 Å². The molecule has 94 valence electrons. The third kappa shape index (κ3) is 1.38. The second kappa shape index (κ2) is 3.34. The Morgan fingerprint density at radius 2 is 2.00 bits per heavy atom. The van der Waals surface area contributed by atoms with Crippen molar-refractivity contribution in [2.24, 2.45) is 10.1 Å². The molecule has 18 heavy (non-hydrogen) atoms. The van der Waals surface area contributed by atoms with E-state index in [1.54, 1.807) is 6.34 Å². The first kappa shape index (κ1) is 11.3. The predicted molar refractivity (Wildman–Crippen MR) is 72.3 cm³/mol. The van der Waals surface area contributed by atoms with E-state index < -0.39 is 11.1 Å². The lowest BCUT2D eigenvalue weighted by Gasteiger charge is -2.44. The third-order valence-corrected chi connectivity index (χ3v) is 3.61. The molecule has 0 spiro atoms. The van der Waals surface area contributed by atoms with Crippen LogP contribution >= 0.6 is 0 Å². The maximum atomic E-state index is 6.06. The van der Waals surface area contributed by atoms with Crippen molar-refractivity contribution in [2.75, 3.05) is 0 Å². The summed E-state index contributed by atoms with van der Waals surface area (Å²) in [6, 6.07) is 6.21. The van der Waals surface area contributed by atoms with E-state index in [1.165, 1.54) is 5.56 Å². The van der Waals surface area contributed by atoms with Crippen molar-refractivity contribution in [3.05, 3.63) is 29.3 Å². The van der Waals surface area contributed by atoms with Gasteiger partial charge in [0.1, 0.15) is 28.9 Å². The molecule has 1 aromatic rings. The fourth-order valence-corrected chi connectivity index (χ4v) is 2.78. The molecule has 1 aromatic carbocycles. The van der Waals surface area contributed by atoms with Crippen molar-refractivity contribution < 1.29 is 4.74 Å². The van der Waals surface area contributed by atoms with Crippen molar-refractivity contribution in [1.82, 2.24) is 5.43 Å². The van der Waals surface area contributed by atoms with Crippen LogP contribution in [0.25, 0.3) is 0 Å². The Hall–Kier alpha value is -1.84. The lowest BCUT2D eigenvalue weighted by molar-refractivity contribution is 0.156. The van der Waals surface area contributed by atoms with Crippen LogP contribution in [0, 0.1) is 6.92 Å². The Morgan fingerprint density at radius 3 is 2.78 bits per heavy atom. The first-order valence-corrected chi connectivity index (χ1v) is 6.11. The van der Waals surface area contributed by atoms with Gasteiger partial charge in [-0.15, -0.1) is 0 Å². The average Bonchev–Trinajstić information content (AvgIpc) is 2.30. The van der Waals surface area contributed by atoms with Crippen LogP contribution in [0.5, 0.6) is 5.75 Å². The molecule has 2 heterocycles. The highest BCUT2D eigenvalue weighted by Crippen LogP contribution is 2.44. The number of rotatable bonds is 0. The molecule has 0 saturated heterocycles. The van der Waals surface area contributed by atoms with E-state index in [0.717, 1.165) is 17.0 Å². The van der Waals surface area contributed by atoms with Crippen LogP contribution in [0.3, 0.4) is 0 Å². The minimum Gasteiger partial charge on any atom is -0.481 e. The van der Waals surface area contributed by atoms with Crippen LogP contribution in [0.2, 0.25) is 0 Å². The third-order valence-electron chi connectivity index (χ3n) is 3.61. The summed E-state index contributed by atoms with van der Waals surface area (Å²) in [7, 11) is 0. The van der Waals surface area contributed by atoms with E-state index in [2.05, 4.69) is 41.5 Å². The Balaban J connectivity index is 2.29. The molecule has 2 aliphatic heterocycles. The number of hydrazone groups is 1. The molecule has 0 bridgehead atoms. The Kier molecular flexibility index (Phi) is 2.09. The standard InChI is InChI=1S/C14H17N3O/c1-9-5-6-11-10(7-9)14(4)12(13(2,3)18-11)17-16-8-15-14/h5-8H,1-4H3,(H,15,16). The molecule has 1 atom stereocenters. The summed E-state index contributed by atoms with van der Waals surface area (Å²) in [5, 5.41) is 4.40. The van der Waals surface area contributed by atoms with Crippen LogP contribution in [-0.2, 0) is 5.54 Å².